The zero-order valence-electron chi connectivity index (χ0n) is 9.33. The van der Waals surface area contributed by atoms with Gasteiger partial charge in [-0.3, -0.25) is 0 Å². The molecule has 1 N–H and O–H groups in total. The highest BCUT2D eigenvalue weighted by Gasteiger charge is 2.20. The van der Waals surface area contributed by atoms with Gasteiger partial charge in [-0.05, 0) is 43.0 Å². The topological polar surface area (TPSA) is 12.0 Å². The van der Waals surface area contributed by atoms with Crippen molar-refractivity contribution in [2.45, 2.75) is 31.2 Å². The number of rotatable bonds is 6. The Bertz CT molecular complexity index is 307. The third kappa shape index (κ3) is 3.88. The predicted octanol–water partition coefficient (Wildman–Crippen LogP) is 3.30. The normalized spacial score (nSPS) is 15.5. The third-order valence-electron chi connectivity index (χ3n) is 2.66. The lowest BCUT2D eigenvalue weighted by atomic mass is 10.2. The second-order valence-corrected chi connectivity index (χ2v) is 5.28. The maximum absolute atomic E-state index is 3.36. The van der Waals surface area contributed by atoms with Crippen molar-refractivity contribution in [3.63, 3.8) is 0 Å². The molecule has 0 bridgehead atoms. The van der Waals surface area contributed by atoms with E-state index in [1.165, 1.54) is 29.1 Å². The van der Waals surface area contributed by atoms with Gasteiger partial charge in [0.05, 0.1) is 0 Å². The molecule has 0 radical (unpaired) electrons. The Kier molecular flexibility index (Phi) is 4.09. The minimum Gasteiger partial charge on any atom is -0.313 e. The van der Waals surface area contributed by atoms with Gasteiger partial charge >= 0.3 is 0 Å². The Hall–Kier alpha value is -0.470. The summed E-state index contributed by atoms with van der Waals surface area (Å²) in [6.45, 7) is 4.18. The molecule has 0 unspecified atom stereocenters. The number of thioether (sulfide) groups is 1. The largest absolute Gasteiger partial charge is 0.313 e. The molecular weight excluding hydrogens is 202 g/mol. The second kappa shape index (κ2) is 5.57. The summed E-state index contributed by atoms with van der Waals surface area (Å²) in [5.74, 6) is 2.32. The summed E-state index contributed by atoms with van der Waals surface area (Å²) in [5.41, 5.74) is 1.40. The summed E-state index contributed by atoms with van der Waals surface area (Å²) < 4.78 is 0. The van der Waals surface area contributed by atoms with Gasteiger partial charge in [0, 0.05) is 17.2 Å². The van der Waals surface area contributed by atoms with Crippen LogP contribution in [-0.2, 0) is 6.54 Å². The molecule has 1 aromatic carbocycles. The molecule has 1 nitrogen and oxygen atoms in total. The minimum atomic E-state index is 0.994. The van der Waals surface area contributed by atoms with E-state index in [1.54, 1.807) is 0 Å². The quantitative estimate of drug-likeness (QED) is 0.740. The highest BCUT2D eigenvalue weighted by Crippen LogP contribution is 2.35. The van der Waals surface area contributed by atoms with Crippen molar-refractivity contribution in [2.24, 2.45) is 5.92 Å². The molecule has 1 fully saturated rings. The van der Waals surface area contributed by atoms with Crippen LogP contribution in [0, 0.1) is 5.92 Å². The van der Waals surface area contributed by atoms with Gasteiger partial charge in [-0.1, -0.05) is 19.1 Å². The van der Waals surface area contributed by atoms with E-state index in [0.717, 1.165) is 19.0 Å². The van der Waals surface area contributed by atoms with E-state index in [4.69, 9.17) is 0 Å². The van der Waals surface area contributed by atoms with Crippen molar-refractivity contribution in [3.05, 3.63) is 29.8 Å². The van der Waals surface area contributed by atoms with Crippen LogP contribution in [0.15, 0.2) is 29.2 Å². The Morgan fingerprint density at radius 2 is 2.27 bits per heavy atom. The van der Waals surface area contributed by atoms with Crippen LogP contribution in [0.25, 0.3) is 0 Å². The van der Waals surface area contributed by atoms with Crippen molar-refractivity contribution in [1.29, 1.82) is 0 Å². The van der Waals surface area contributed by atoms with E-state index >= 15 is 0 Å². The molecule has 0 aliphatic heterocycles. The SMILES string of the molecule is CCNCc1cccc(SCC2CC2)c1. The Balaban J connectivity index is 1.85. The van der Waals surface area contributed by atoms with Crippen LogP contribution in [0.2, 0.25) is 0 Å². The maximum atomic E-state index is 3.36. The molecule has 0 atom stereocenters. The van der Waals surface area contributed by atoms with E-state index in [1.807, 2.05) is 11.8 Å². The van der Waals surface area contributed by atoms with Crippen molar-refractivity contribution in [1.82, 2.24) is 5.32 Å². The zero-order chi connectivity index (χ0) is 10.5. The average molecular weight is 221 g/mol. The monoisotopic (exact) mass is 221 g/mol. The first-order valence-electron chi connectivity index (χ1n) is 5.81. The van der Waals surface area contributed by atoms with Crippen LogP contribution in [-0.4, -0.2) is 12.3 Å². The standard InChI is InChI=1S/C13H19NS/c1-2-14-9-12-4-3-5-13(8-12)15-10-11-6-7-11/h3-5,8,11,14H,2,6-7,9-10H2,1H3. The number of nitrogens with one attached hydrogen (secondary N) is 1. The van der Waals surface area contributed by atoms with Gasteiger partial charge in [-0.2, -0.15) is 0 Å². The zero-order valence-corrected chi connectivity index (χ0v) is 10.1. The summed E-state index contributed by atoms with van der Waals surface area (Å²) in [7, 11) is 0. The minimum absolute atomic E-state index is 0.994. The Labute approximate surface area is 96.7 Å². The van der Waals surface area contributed by atoms with Crippen molar-refractivity contribution in [3.8, 4) is 0 Å². The summed E-state index contributed by atoms with van der Waals surface area (Å²) in [6, 6.07) is 8.91. The van der Waals surface area contributed by atoms with Crippen LogP contribution in [0.4, 0.5) is 0 Å². The lowest BCUT2D eigenvalue weighted by molar-refractivity contribution is 0.725. The van der Waals surface area contributed by atoms with Gasteiger partial charge in [-0.15, -0.1) is 11.8 Å². The molecule has 0 amide bonds. The molecule has 0 saturated heterocycles. The molecule has 1 saturated carbocycles. The van der Waals surface area contributed by atoms with E-state index in [9.17, 15) is 0 Å². The van der Waals surface area contributed by atoms with E-state index in [2.05, 4.69) is 36.5 Å². The van der Waals surface area contributed by atoms with Gasteiger partial charge < -0.3 is 5.32 Å². The lowest BCUT2D eigenvalue weighted by Crippen LogP contribution is -2.11. The maximum Gasteiger partial charge on any atom is 0.0205 e. The second-order valence-electron chi connectivity index (χ2n) is 4.18. The predicted molar refractivity (Wildman–Crippen MR) is 67.3 cm³/mol. The first-order chi connectivity index (χ1) is 7.38. The molecule has 1 aromatic rings. The first kappa shape index (κ1) is 11.0. The molecular formula is C13H19NS. The summed E-state index contributed by atoms with van der Waals surface area (Å²) in [4.78, 5) is 1.43. The van der Waals surface area contributed by atoms with Crippen LogP contribution in [0.5, 0.6) is 0 Å². The van der Waals surface area contributed by atoms with Crippen molar-refractivity contribution >= 4 is 11.8 Å². The molecule has 82 valence electrons. The van der Waals surface area contributed by atoms with E-state index < -0.39 is 0 Å². The lowest BCUT2D eigenvalue weighted by Gasteiger charge is -2.05. The van der Waals surface area contributed by atoms with Gasteiger partial charge in [0.1, 0.15) is 0 Å². The van der Waals surface area contributed by atoms with Crippen LogP contribution < -0.4 is 5.32 Å². The van der Waals surface area contributed by atoms with Gasteiger partial charge in [0.25, 0.3) is 0 Å². The average Bonchev–Trinajstić information content (AvgIpc) is 3.08. The molecule has 2 heteroatoms. The van der Waals surface area contributed by atoms with Crippen molar-refractivity contribution < 1.29 is 0 Å². The molecule has 0 heterocycles. The smallest absolute Gasteiger partial charge is 0.0205 e. The Morgan fingerprint density at radius 1 is 1.40 bits per heavy atom. The summed E-state index contributed by atoms with van der Waals surface area (Å²) in [5, 5.41) is 3.36. The van der Waals surface area contributed by atoms with Crippen molar-refractivity contribution in [2.75, 3.05) is 12.3 Å². The van der Waals surface area contributed by atoms with Gasteiger partial charge in [0.15, 0.2) is 0 Å². The molecule has 0 aromatic heterocycles. The summed E-state index contributed by atoms with van der Waals surface area (Å²) >= 11 is 2.01. The van der Waals surface area contributed by atoms with Crippen LogP contribution in [0.1, 0.15) is 25.3 Å². The fourth-order valence-corrected chi connectivity index (χ4v) is 2.68. The van der Waals surface area contributed by atoms with Crippen LogP contribution >= 0.6 is 11.8 Å². The number of hydrogen-bond donors (Lipinski definition) is 1. The highest BCUT2D eigenvalue weighted by atomic mass is 32.2. The molecule has 2 rings (SSSR count). The Morgan fingerprint density at radius 3 is 3.00 bits per heavy atom. The van der Waals surface area contributed by atoms with Gasteiger partial charge in [-0.25, -0.2) is 0 Å². The fourth-order valence-electron chi connectivity index (χ4n) is 1.51. The molecule has 15 heavy (non-hydrogen) atoms. The molecule has 0 spiro atoms. The fraction of sp³-hybridized carbons (Fsp3) is 0.538. The van der Waals surface area contributed by atoms with E-state index in [0.29, 0.717) is 0 Å². The molecule has 1 aliphatic carbocycles. The van der Waals surface area contributed by atoms with E-state index in [-0.39, 0.29) is 0 Å². The van der Waals surface area contributed by atoms with Gasteiger partial charge in [0.2, 0.25) is 0 Å². The third-order valence-corrected chi connectivity index (χ3v) is 3.89. The number of benzene rings is 1. The summed E-state index contributed by atoms with van der Waals surface area (Å²) in [6.07, 6.45) is 2.90. The van der Waals surface area contributed by atoms with Crippen LogP contribution in [0.3, 0.4) is 0 Å². The first-order valence-corrected chi connectivity index (χ1v) is 6.79. The highest BCUT2D eigenvalue weighted by molar-refractivity contribution is 7.99. The number of hydrogen-bond acceptors (Lipinski definition) is 2. The molecule has 1 aliphatic rings.